The Bertz CT molecular complexity index is 1070. The molecule has 148 valence electrons. The second-order valence-corrected chi connectivity index (χ2v) is 7.29. The first-order valence-corrected chi connectivity index (χ1v) is 9.25. The summed E-state index contributed by atoms with van der Waals surface area (Å²) in [6, 6.07) is 7.75. The van der Waals surface area contributed by atoms with Gasteiger partial charge in [0.1, 0.15) is 11.9 Å². The van der Waals surface area contributed by atoms with Crippen molar-refractivity contribution in [2.45, 2.75) is 25.4 Å². The van der Waals surface area contributed by atoms with Crippen molar-refractivity contribution < 1.29 is 23.6 Å². The van der Waals surface area contributed by atoms with Crippen molar-refractivity contribution in [2.24, 2.45) is 0 Å². The lowest BCUT2D eigenvalue weighted by Gasteiger charge is -2.29. The highest BCUT2D eigenvalue weighted by Gasteiger charge is 2.39. The molecule has 1 fully saturated rings. The average Bonchev–Trinajstić information content (AvgIpc) is 2.97. The molecule has 4 amide bonds. The highest BCUT2D eigenvalue weighted by Crippen LogP contribution is 2.29. The summed E-state index contributed by atoms with van der Waals surface area (Å²) >= 11 is 5.70. The van der Waals surface area contributed by atoms with E-state index in [2.05, 4.69) is 10.6 Å². The van der Waals surface area contributed by atoms with Crippen molar-refractivity contribution in [3.8, 4) is 0 Å². The fraction of sp³-hybridized carbons (Fsp3) is 0.200. The summed E-state index contributed by atoms with van der Waals surface area (Å²) in [5.41, 5.74) is 1.29. The van der Waals surface area contributed by atoms with E-state index in [0.717, 1.165) is 6.07 Å². The maximum absolute atomic E-state index is 13.9. The molecule has 0 bridgehead atoms. The van der Waals surface area contributed by atoms with E-state index in [-0.39, 0.29) is 41.8 Å². The second kappa shape index (κ2) is 7.29. The predicted molar refractivity (Wildman–Crippen MR) is 102 cm³/mol. The Labute approximate surface area is 169 Å². The quantitative estimate of drug-likeness (QED) is 0.753. The number of imide groups is 1. The fourth-order valence-corrected chi connectivity index (χ4v) is 3.68. The van der Waals surface area contributed by atoms with Crippen LogP contribution in [0.5, 0.6) is 0 Å². The van der Waals surface area contributed by atoms with Crippen LogP contribution in [0.3, 0.4) is 0 Å². The van der Waals surface area contributed by atoms with E-state index in [0.29, 0.717) is 16.8 Å². The minimum Gasteiger partial charge on any atom is -0.322 e. The molecule has 0 aliphatic carbocycles. The van der Waals surface area contributed by atoms with Crippen LogP contribution in [0.25, 0.3) is 0 Å². The van der Waals surface area contributed by atoms with Gasteiger partial charge in [-0.15, -0.1) is 0 Å². The monoisotopic (exact) mass is 415 g/mol. The van der Waals surface area contributed by atoms with Gasteiger partial charge in [-0.25, -0.2) is 4.39 Å². The van der Waals surface area contributed by atoms with Crippen LogP contribution in [-0.4, -0.2) is 34.6 Å². The second-order valence-electron chi connectivity index (χ2n) is 6.85. The van der Waals surface area contributed by atoms with Crippen molar-refractivity contribution in [1.29, 1.82) is 0 Å². The molecule has 2 N–H and O–H groups in total. The summed E-state index contributed by atoms with van der Waals surface area (Å²) < 4.78 is 13.9. The number of fused-ring (bicyclic) bond motifs is 1. The number of carbonyl (C=O) groups is 4. The lowest BCUT2D eigenvalue weighted by Crippen LogP contribution is -2.52. The molecule has 2 aliphatic rings. The molecule has 7 nitrogen and oxygen atoms in total. The first-order valence-electron chi connectivity index (χ1n) is 8.87. The van der Waals surface area contributed by atoms with Gasteiger partial charge in [-0.05, 0) is 48.4 Å². The number of anilines is 1. The Balaban J connectivity index is 1.52. The minimum absolute atomic E-state index is 0.156. The van der Waals surface area contributed by atoms with E-state index in [4.69, 9.17) is 11.6 Å². The number of rotatable bonds is 3. The largest absolute Gasteiger partial charge is 0.322 e. The lowest BCUT2D eigenvalue weighted by molar-refractivity contribution is -0.136. The van der Waals surface area contributed by atoms with Gasteiger partial charge in [0.25, 0.3) is 11.8 Å². The summed E-state index contributed by atoms with van der Waals surface area (Å²) in [4.78, 5) is 49.8. The van der Waals surface area contributed by atoms with Gasteiger partial charge in [0.2, 0.25) is 11.8 Å². The maximum Gasteiger partial charge on any atom is 0.258 e. The average molecular weight is 416 g/mol. The van der Waals surface area contributed by atoms with Crippen molar-refractivity contribution in [1.82, 2.24) is 10.2 Å². The van der Waals surface area contributed by atoms with Gasteiger partial charge in [-0.1, -0.05) is 11.6 Å². The molecule has 2 aromatic carbocycles. The van der Waals surface area contributed by atoms with Gasteiger partial charge in [0.15, 0.2) is 0 Å². The summed E-state index contributed by atoms with van der Waals surface area (Å²) in [5.74, 6) is -2.54. The van der Waals surface area contributed by atoms with Crippen LogP contribution in [-0.2, 0) is 16.1 Å². The van der Waals surface area contributed by atoms with Gasteiger partial charge < -0.3 is 10.2 Å². The Morgan fingerprint density at radius 3 is 2.69 bits per heavy atom. The molecule has 0 aromatic heterocycles. The SMILES string of the molecule is O=C1CCC(N2Cc3cc(NC(=O)c4ccc(Cl)cc4F)ccc3C2=O)C(=O)N1. The number of nitrogens with zero attached hydrogens (tertiary/aromatic N) is 1. The van der Waals surface area contributed by atoms with Gasteiger partial charge in [0.05, 0.1) is 5.56 Å². The zero-order chi connectivity index (χ0) is 20.7. The third-order valence-electron chi connectivity index (χ3n) is 4.96. The first-order chi connectivity index (χ1) is 13.8. The van der Waals surface area contributed by atoms with Crippen LogP contribution in [0.4, 0.5) is 10.1 Å². The summed E-state index contributed by atoms with van der Waals surface area (Å²) in [6.45, 7) is 0.180. The Morgan fingerprint density at radius 1 is 1.17 bits per heavy atom. The topological polar surface area (TPSA) is 95.6 Å². The van der Waals surface area contributed by atoms with Crippen LogP contribution in [0.1, 0.15) is 39.1 Å². The number of piperidine rings is 1. The van der Waals surface area contributed by atoms with E-state index in [1.54, 1.807) is 12.1 Å². The molecule has 0 saturated carbocycles. The van der Waals surface area contributed by atoms with E-state index in [1.165, 1.54) is 23.1 Å². The molecular weight excluding hydrogens is 401 g/mol. The third kappa shape index (κ3) is 3.58. The Morgan fingerprint density at radius 2 is 1.97 bits per heavy atom. The molecule has 29 heavy (non-hydrogen) atoms. The first kappa shape index (κ1) is 19.1. The third-order valence-corrected chi connectivity index (χ3v) is 5.19. The zero-order valence-corrected chi connectivity index (χ0v) is 15.8. The van der Waals surface area contributed by atoms with Crippen molar-refractivity contribution in [3.63, 3.8) is 0 Å². The molecule has 0 spiro atoms. The van der Waals surface area contributed by atoms with Gasteiger partial charge in [-0.2, -0.15) is 0 Å². The van der Waals surface area contributed by atoms with Gasteiger partial charge in [0, 0.05) is 29.2 Å². The molecule has 1 saturated heterocycles. The zero-order valence-electron chi connectivity index (χ0n) is 15.0. The fourth-order valence-electron chi connectivity index (χ4n) is 3.52. The number of hydrogen-bond acceptors (Lipinski definition) is 4. The van der Waals surface area contributed by atoms with Crippen LogP contribution < -0.4 is 10.6 Å². The molecular formula is C20H15ClFN3O4. The lowest BCUT2D eigenvalue weighted by atomic mass is 10.0. The van der Waals surface area contributed by atoms with Crippen molar-refractivity contribution in [2.75, 3.05) is 5.32 Å². The van der Waals surface area contributed by atoms with Gasteiger partial charge in [-0.3, -0.25) is 24.5 Å². The molecule has 1 atom stereocenters. The number of amides is 4. The van der Waals surface area contributed by atoms with E-state index >= 15 is 0 Å². The van der Waals surface area contributed by atoms with Crippen LogP contribution in [0.15, 0.2) is 36.4 Å². The minimum atomic E-state index is -0.740. The molecule has 2 aliphatic heterocycles. The number of carbonyl (C=O) groups excluding carboxylic acids is 4. The summed E-state index contributed by atoms with van der Waals surface area (Å²) in [5, 5.41) is 5.02. The molecule has 1 unspecified atom stereocenters. The highest BCUT2D eigenvalue weighted by molar-refractivity contribution is 6.30. The summed E-state index contributed by atoms with van der Waals surface area (Å²) in [6.07, 6.45) is 0.439. The smallest absolute Gasteiger partial charge is 0.258 e. The molecule has 4 rings (SSSR count). The summed E-state index contributed by atoms with van der Waals surface area (Å²) in [7, 11) is 0. The number of halogens is 2. The number of nitrogens with one attached hydrogen (secondary N) is 2. The molecule has 0 radical (unpaired) electrons. The standard InChI is InChI=1S/C20H15ClFN3O4/c21-11-1-3-14(15(22)8-11)18(27)23-12-2-4-13-10(7-12)9-25(20(13)29)16-5-6-17(26)24-19(16)28/h1-4,7-8,16H,5-6,9H2,(H,23,27)(H,24,26,28). The number of hydrogen-bond donors (Lipinski definition) is 2. The van der Waals surface area contributed by atoms with Crippen LogP contribution >= 0.6 is 11.6 Å². The van der Waals surface area contributed by atoms with Crippen LogP contribution in [0, 0.1) is 5.82 Å². The molecule has 2 aromatic rings. The normalized spacial score (nSPS) is 18.5. The number of benzene rings is 2. The van der Waals surface area contributed by atoms with Crippen LogP contribution in [0.2, 0.25) is 5.02 Å². The maximum atomic E-state index is 13.9. The van der Waals surface area contributed by atoms with Crippen molar-refractivity contribution in [3.05, 3.63) is 63.9 Å². The van der Waals surface area contributed by atoms with E-state index in [1.807, 2.05) is 0 Å². The Hall–Kier alpha value is -3.26. The van der Waals surface area contributed by atoms with E-state index in [9.17, 15) is 23.6 Å². The molecule has 9 heteroatoms. The Kier molecular flexibility index (Phi) is 4.79. The van der Waals surface area contributed by atoms with Gasteiger partial charge >= 0.3 is 0 Å². The predicted octanol–water partition coefficient (Wildman–Crippen LogP) is 2.49. The molecule has 2 heterocycles. The highest BCUT2D eigenvalue weighted by atomic mass is 35.5. The van der Waals surface area contributed by atoms with Crippen molar-refractivity contribution >= 4 is 40.9 Å². The van der Waals surface area contributed by atoms with E-state index < -0.39 is 23.7 Å².